The highest BCUT2D eigenvalue weighted by Crippen LogP contribution is 2.68. The van der Waals surface area contributed by atoms with Crippen molar-refractivity contribution in [1.29, 1.82) is 0 Å². The number of fused-ring (bicyclic) bond motifs is 4. The monoisotopic (exact) mass is 477 g/mol. The third-order valence-corrected chi connectivity index (χ3v) is 10.2. The Balaban J connectivity index is 1.63. The molecular weight excluding hydrogens is 434 g/mol. The molecule has 4 heteroatoms. The lowest BCUT2D eigenvalue weighted by Crippen LogP contribution is -2.52. The molecule has 2 N–H and O–H groups in total. The second-order valence-electron chi connectivity index (χ2n) is 12.3. The second-order valence-corrected chi connectivity index (χ2v) is 12.3. The van der Waals surface area contributed by atoms with Gasteiger partial charge in [0.1, 0.15) is 0 Å². The predicted molar refractivity (Wildman–Crippen MR) is 141 cm³/mol. The molecular formula is C31H43NO3. The van der Waals surface area contributed by atoms with Gasteiger partial charge in [0.05, 0.1) is 5.60 Å². The third-order valence-electron chi connectivity index (χ3n) is 10.2. The molecule has 4 aliphatic rings. The van der Waals surface area contributed by atoms with E-state index in [0.29, 0.717) is 24.2 Å². The summed E-state index contributed by atoms with van der Waals surface area (Å²) in [5.41, 5.74) is 6.05. The SMILES string of the molecule is C[C@H]1CC2=CC(=O)CCC2=C2[C@@H]1[C@@H]1CC[C@@](O)(CCCCO)[C@@]1(C)C[C@@H]2c1ccc(N(C)C)cc1. The van der Waals surface area contributed by atoms with Gasteiger partial charge in [-0.25, -0.2) is 0 Å². The Labute approximate surface area is 211 Å². The van der Waals surface area contributed by atoms with Crippen molar-refractivity contribution in [3.63, 3.8) is 0 Å². The number of hydrogen-bond acceptors (Lipinski definition) is 4. The molecule has 2 saturated carbocycles. The third kappa shape index (κ3) is 4.01. The first-order chi connectivity index (χ1) is 16.7. The Bertz CT molecular complexity index is 1040. The largest absolute Gasteiger partial charge is 0.396 e. The number of carbonyl (C=O) groups excluding carboxylic acids is 1. The molecule has 0 aromatic heterocycles. The Morgan fingerprint density at radius 2 is 1.86 bits per heavy atom. The molecule has 0 heterocycles. The van der Waals surface area contributed by atoms with E-state index in [0.717, 1.165) is 51.4 Å². The minimum absolute atomic E-state index is 0.151. The van der Waals surface area contributed by atoms with Gasteiger partial charge in [-0.1, -0.05) is 31.6 Å². The van der Waals surface area contributed by atoms with Gasteiger partial charge in [0, 0.05) is 44.1 Å². The van der Waals surface area contributed by atoms with Crippen LogP contribution < -0.4 is 4.90 Å². The van der Waals surface area contributed by atoms with Crippen molar-refractivity contribution in [1.82, 2.24) is 0 Å². The maximum atomic E-state index is 12.3. The van der Waals surface area contributed by atoms with Crippen molar-refractivity contribution in [3.8, 4) is 0 Å². The zero-order chi connectivity index (χ0) is 25.0. The molecule has 0 radical (unpaired) electrons. The standard InChI is InChI=1S/C31H43NO3/c1-20-17-22-18-24(34)11-12-25(22)29-26(21-7-9-23(10-8-21)32(3)4)19-30(2)27(28(20)29)13-15-31(30,35)14-5-6-16-33/h7-10,18,20,26-28,33,35H,5-6,11-17,19H2,1-4H3/t20-,26+,27-,28-,30-,31-/m0/s1. The molecule has 0 bridgehead atoms. The molecule has 0 amide bonds. The van der Waals surface area contributed by atoms with E-state index in [1.807, 2.05) is 6.08 Å². The summed E-state index contributed by atoms with van der Waals surface area (Å²) in [5.74, 6) is 1.95. The number of anilines is 1. The van der Waals surface area contributed by atoms with E-state index in [4.69, 9.17) is 0 Å². The highest BCUT2D eigenvalue weighted by molar-refractivity contribution is 5.93. The summed E-state index contributed by atoms with van der Waals surface area (Å²) in [5, 5.41) is 21.5. The van der Waals surface area contributed by atoms with E-state index >= 15 is 0 Å². The van der Waals surface area contributed by atoms with Crippen LogP contribution in [-0.2, 0) is 4.79 Å². The highest BCUT2D eigenvalue weighted by Gasteiger charge is 2.63. The van der Waals surface area contributed by atoms with Gasteiger partial charge in [0.2, 0.25) is 0 Å². The minimum atomic E-state index is -0.677. The van der Waals surface area contributed by atoms with E-state index in [1.54, 1.807) is 5.57 Å². The lowest BCUT2D eigenvalue weighted by Gasteiger charge is -2.56. The Hall–Kier alpha value is -1.91. The first-order valence-corrected chi connectivity index (χ1v) is 13.8. The van der Waals surface area contributed by atoms with Gasteiger partial charge in [-0.15, -0.1) is 0 Å². The van der Waals surface area contributed by atoms with Crippen LogP contribution in [0.2, 0.25) is 0 Å². The summed E-state index contributed by atoms with van der Waals surface area (Å²) in [7, 11) is 4.15. The number of hydrogen-bond donors (Lipinski definition) is 2. The number of rotatable bonds is 6. The molecule has 1 aromatic carbocycles. The number of allylic oxidation sites excluding steroid dienone is 4. The quantitative estimate of drug-likeness (QED) is 0.509. The Kier molecular flexibility index (Phi) is 6.51. The van der Waals surface area contributed by atoms with Crippen LogP contribution in [0.5, 0.6) is 0 Å². The lowest BCUT2D eigenvalue weighted by atomic mass is 9.49. The van der Waals surface area contributed by atoms with E-state index in [9.17, 15) is 15.0 Å². The molecule has 0 saturated heterocycles. The predicted octanol–water partition coefficient (Wildman–Crippen LogP) is 5.79. The van der Waals surface area contributed by atoms with Crippen LogP contribution in [0.25, 0.3) is 0 Å². The van der Waals surface area contributed by atoms with Crippen molar-refractivity contribution >= 4 is 11.5 Å². The number of benzene rings is 1. The van der Waals surface area contributed by atoms with Crippen LogP contribution in [-0.4, -0.2) is 42.3 Å². The van der Waals surface area contributed by atoms with Gasteiger partial charge in [-0.2, -0.15) is 0 Å². The van der Waals surface area contributed by atoms with Crippen molar-refractivity contribution in [2.75, 3.05) is 25.6 Å². The lowest BCUT2D eigenvalue weighted by molar-refractivity contribution is -0.114. The molecule has 1 aromatic rings. The van der Waals surface area contributed by atoms with E-state index < -0.39 is 5.60 Å². The van der Waals surface area contributed by atoms with Gasteiger partial charge in [-0.3, -0.25) is 4.79 Å². The molecule has 190 valence electrons. The van der Waals surface area contributed by atoms with Gasteiger partial charge >= 0.3 is 0 Å². The average molecular weight is 478 g/mol. The zero-order valence-electron chi connectivity index (χ0n) is 22.0. The summed E-state index contributed by atoms with van der Waals surface area (Å²) in [6.07, 6.45) is 9.73. The number of aliphatic hydroxyl groups is 2. The number of ketones is 1. The highest BCUT2D eigenvalue weighted by atomic mass is 16.3. The zero-order valence-corrected chi connectivity index (χ0v) is 22.0. The fraction of sp³-hybridized carbons (Fsp3) is 0.645. The van der Waals surface area contributed by atoms with Crippen LogP contribution in [0.15, 0.2) is 47.1 Å². The number of carbonyl (C=O) groups is 1. The van der Waals surface area contributed by atoms with E-state index in [-0.39, 0.29) is 23.7 Å². The van der Waals surface area contributed by atoms with Crippen molar-refractivity contribution in [2.24, 2.45) is 23.2 Å². The Morgan fingerprint density at radius 3 is 2.54 bits per heavy atom. The molecule has 0 aliphatic heterocycles. The summed E-state index contributed by atoms with van der Waals surface area (Å²) in [6.45, 7) is 4.94. The number of unbranched alkanes of at least 4 members (excludes halogenated alkanes) is 1. The summed E-state index contributed by atoms with van der Waals surface area (Å²) in [6, 6.07) is 9.04. The van der Waals surface area contributed by atoms with Crippen molar-refractivity contribution in [3.05, 3.63) is 52.6 Å². The molecule has 4 aliphatic carbocycles. The fourth-order valence-corrected chi connectivity index (χ4v) is 8.35. The van der Waals surface area contributed by atoms with E-state index in [2.05, 4.69) is 57.1 Å². The second kappa shape index (κ2) is 9.19. The molecule has 0 spiro atoms. The maximum Gasteiger partial charge on any atom is 0.156 e. The van der Waals surface area contributed by atoms with Crippen molar-refractivity contribution in [2.45, 2.75) is 83.2 Å². The first kappa shape index (κ1) is 24.8. The van der Waals surface area contributed by atoms with Crippen LogP contribution in [0.4, 0.5) is 5.69 Å². The first-order valence-electron chi connectivity index (χ1n) is 13.8. The van der Waals surface area contributed by atoms with Crippen LogP contribution in [0.1, 0.15) is 83.1 Å². The van der Waals surface area contributed by atoms with Crippen LogP contribution >= 0.6 is 0 Å². The minimum Gasteiger partial charge on any atom is -0.396 e. The average Bonchev–Trinajstić information content (AvgIpc) is 3.09. The molecule has 0 unspecified atom stereocenters. The Morgan fingerprint density at radius 1 is 1.11 bits per heavy atom. The van der Waals surface area contributed by atoms with Gasteiger partial charge in [0.15, 0.2) is 5.78 Å². The number of aliphatic hydroxyl groups excluding tert-OH is 1. The molecule has 4 nitrogen and oxygen atoms in total. The smallest absolute Gasteiger partial charge is 0.156 e. The van der Waals surface area contributed by atoms with Gasteiger partial charge in [0.25, 0.3) is 0 Å². The molecule has 2 fully saturated rings. The number of nitrogens with zero attached hydrogens (tertiary/aromatic N) is 1. The van der Waals surface area contributed by atoms with Gasteiger partial charge < -0.3 is 15.1 Å². The summed E-state index contributed by atoms with van der Waals surface area (Å²) in [4.78, 5) is 14.5. The molecule has 35 heavy (non-hydrogen) atoms. The topological polar surface area (TPSA) is 60.8 Å². The summed E-state index contributed by atoms with van der Waals surface area (Å²) < 4.78 is 0. The normalized spacial score (nSPS) is 36.4. The fourth-order valence-electron chi connectivity index (χ4n) is 8.35. The molecule has 5 rings (SSSR count). The summed E-state index contributed by atoms with van der Waals surface area (Å²) >= 11 is 0. The molecule has 6 atom stereocenters. The van der Waals surface area contributed by atoms with Crippen molar-refractivity contribution < 1.29 is 15.0 Å². The van der Waals surface area contributed by atoms with Gasteiger partial charge in [-0.05, 0) is 104 Å². The van der Waals surface area contributed by atoms with Crippen LogP contribution in [0.3, 0.4) is 0 Å². The van der Waals surface area contributed by atoms with Crippen LogP contribution in [0, 0.1) is 23.2 Å². The maximum absolute atomic E-state index is 12.3. The van der Waals surface area contributed by atoms with E-state index in [1.165, 1.54) is 22.4 Å².